The van der Waals surface area contributed by atoms with Crippen LogP contribution < -0.4 is 15.5 Å². The predicted molar refractivity (Wildman–Crippen MR) is 93.0 cm³/mol. The fourth-order valence-corrected chi connectivity index (χ4v) is 3.22. The average Bonchev–Trinajstić information content (AvgIpc) is 3.26. The van der Waals surface area contributed by atoms with Crippen molar-refractivity contribution in [3.05, 3.63) is 24.3 Å². The zero-order valence-electron chi connectivity index (χ0n) is 13.7. The van der Waals surface area contributed by atoms with E-state index in [9.17, 15) is 4.79 Å². The lowest BCUT2D eigenvalue weighted by atomic mass is 10.2. The molecule has 23 heavy (non-hydrogen) atoms. The van der Waals surface area contributed by atoms with Gasteiger partial charge in [-0.25, -0.2) is 0 Å². The third-order valence-electron chi connectivity index (χ3n) is 4.55. The Morgan fingerprint density at radius 2 is 1.96 bits per heavy atom. The molecule has 1 aromatic rings. The maximum Gasteiger partial charge on any atom is 0.225 e. The Bertz CT molecular complexity index is 491. The molecule has 1 unspecified atom stereocenters. The van der Waals surface area contributed by atoms with Crippen LogP contribution in [0.2, 0.25) is 0 Å². The molecular weight excluding hydrogens is 290 g/mol. The predicted octanol–water partition coefficient (Wildman–Crippen LogP) is 2.38. The highest BCUT2D eigenvalue weighted by Gasteiger charge is 2.15. The minimum Gasteiger partial charge on any atom is -0.377 e. The van der Waals surface area contributed by atoms with Crippen LogP contribution in [0.4, 0.5) is 11.4 Å². The van der Waals surface area contributed by atoms with Gasteiger partial charge >= 0.3 is 0 Å². The van der Waals surface area contributed by atoms with E-state index in [0.717, 1.165) is 44.8 Å². The number of nitrogens with one attached hydrogen (secondary N) is 2. The minimum atomic E-state index is 0.0544. The third-order valence-corrected chi connectivity index (χ3v) is 4.55. The summed E-state index contributed by atoms with van der Waals surface area (Å²) < 4.78 is 5.54. The first kappa shape index (κ1) is 16.3. The summed E-state index contributed by atoms with van der Waals surface area (Å²) in [4.78, 5) is 14.3. The maximum atomic E-state index is 12.0. The van der Waals surface area contributed by atoms with E-state index in [4.69, 9.17) is 4.74 Å². The van der Waals surface area contributed by atoms with Gasteiger partial charge in [0.2, 0.25) is 5.91 Å². The van der Waals surface area contributed by atoms with Crippen LogP contribution in [0.5, 0.6) is 0 Å². The summed E-state index contributed by atoms with van der Waals surface area (Å²) in [5, 5.41) is 6.26. The molecule has 0 saturated carbocycles. The zero-order valence-corrected chi connectivity index (χ0v) is 13.7. The fraction of sp³-hybridized carbons (Fsp3) is 0.611. The van der Waals surface area contributed by atoms with Crippen LogP contribution in [-0.2, 0) is 9.53 Å². The molecule has 0 spiro atoms. The molecule has 2 N–H and O–H groups in total. The number of amides is 1. The van der Waals surface area contributed by atoms with Crippen molar-refractivity contribution in [3.63, 3.8) is 0 Å². The largest absolute Gasteiger partial charge is 0.377 e. The molecular formula is C18H27N3O2. The zero-order chi connectivity index (χ0) is 15.9. The maximum absolute atomic E-state index is 12.0. The molecule has 0 radical (unpaired) electrons. The molecule has 0 aromatic heterocycles. The molecule has 0 bridgehead atoms. The number of hydrogen-bond acceptors (Lipinski definition) is 4. The van der Waals surface area contributed by atoms with Gasteiger partial charge in [0.05, 0.1) is 6.10 Å². The van der Waals surface area contributed by atoms with Crippen molar-refractivity contribution in [3.8, 4) is 0 Å². The molecule has 1 aromatic carbocycles. The smallest absolute Gasteiger partial charge is 0.225 e. The number of rotatable bonds is 7. The molecule has 5 nitrogen and oxygen atoms in total. The first-order chi connectivity index (χ1) is 11.3. The van der Waals surface area contributed by atoms with Crippen molar-refractivity contribution in [2.24, 2.45) is 0 Å². The molecule has 2 fully saturated rings. The van der Waals surface area contributed by atoms with Crippen LogP contribution in [0.25, 0.3) is 0 Å². The Kier molecular flexibility index (Phi) is 5.88. The average molecular weight is 317 g/mol. The van der Waals surface area contributed by atoms with E-state index in [1.54, 1.807) is 0 Å². The summed E-state index contributed by atoms with van der Waals surface area (Å²) in [5.74, 6) is 0.0544. The second kappa shape index (κ2) is 8.31. The van der Waals surface area contributed by atoms with Crippen molar-refractivity contribution in [2.75, 3.05) is 43.0 Å². The van der Waals surface area contributed by atoms with Gasteiger partial charge in [-0.05, 0) is 49.9 Å². The SMILES string of the molecule is O=C(CCNCC1CCCO1)Nc1ccc(N2CCCC2)cc1. The number of carbonyl (C=O) groups excluding carboxylic acids is 1. The lowest BCUT2D eigenvalue weighted by Gasteiger charge is -2.17. The Morgan fingerprint density at radius 3 is 2.65 bits per heavy atom. The summed E-state index contributed by atoms with van der Waals surface area (Å²) in [6.07, 6.45) is 5.65. The molecule has 2 aliphatic heterocycles. The van der Waals surface area contributed by atoms with Gasteiger partial charge in [-0.3, -0.25) is 4.79 Å². The normalized spacial score (nSPS) is 20.9. The van der Waals surface area contributed by atoms with Crippen molar-refractivity contribution in [2.45, 2.75) is 38.2 Å². The lowest BCUT2D eigenvalue weighted by molar-refractivity contribution is -0.116. The van der Waals surface area contributed by atoms with Gasteiger partial charge in [-0.2, -0.15) is 0 Å². The number of hydrogen-bond donors (Lipinski definition) is 2. The molecule has 5 heteroatoms. The van der Waals surface area contributed by atoms with Crippen molar-refractivity contribution < 1.29 is 9.53 Å². The van der Waals surface area contributed by atoms with Crippen molar-refractivity contribution >= 4 is 17.3 Å². The van der Waals surface area contributed by atoms with Crippen LogP contribution >= 0.6 is 0 Å². The van der Waals surface area contributed by atoms with Crippen molar-refractivity contribution in [1.29, 1.82) is 0 Å². The lowest BCUT2D eigenvalue weighted by Crippen LogP contribution is -2.29. The van der Waals surface area contributed by atoms with Gasteiger partial charge in [-0.15, -0.1) is 0 Å². The summed E-state index contributed by atoms with van der Waals surface area (Å²) in [6.45, 7) is 4.69. The van der Waals surface area contributed by atoms with Gasteiger partial charge in [-0.1, -0.05) is 0 Å². The number of anilines is 2. The first-order valence-electron chi connectivity index (χ1n) is 8.78. The van der Waals surface area contributed by atoms with Gasteiger partial charge in [0, 0.05) is 50.6 Å². The molecule has 2 saturated heterocycles. The quantitative estimate of drug-likeness (QED) is 0.758. The van der Waals surface area contributed by atoms with Crippen LogP contribution in [0.3, 0.4) is 0 Å². The standard InChI is InChI=1S/C18H27N3O2/c22-18(9-10-19-14-17-4-3-13-23-17)20-15-5-7-16(8-6-15)21-11-1-2-12-21/h5-8,17,19H,1-4,9-14H2,(H,20,22). The fourth-order valence-electron chi connectivity index (χ4n) is 3.22. The van der Waals surface area contributed by atoms with Crippen LogP contribution in [0.15, 0.2) is 24.3 Å². The van der Waals surface area contributed by atoms with Gasteiger partial charge in [0.25, 0.3) is 0 Å². The highest BCUT2D eigenvalue weighted by molar-refractivity contribution is 5.91. The van der Waals surface area contributed by atoms with Crippen LogP contribution in [0, 0.1) is 0 Å². The Hall–Kier alpha value is -1.59. The molecule has 0 aliphatic carbocycles. The summed E-state index contributed by atoms with van der Waals surface area (Å²) in [7, 11) is 0. The van der Waals surface area contributed by atoms with Crippen LogP contribution in [0.1, 0.15) is 32.1 Å². The Balaban J connectivity index is 1.35. The summed E-state index contributed by atoms with van der Waals surface area (Å²) in [5.41, 5.74) is 2.12. The van der Waals surface area contributed by atoms with E-state index in [-0.39, 0.29) is 5.91 Å². The minimum absolute atomic E-state index is 0.0544. The summed E-state index contributed by atoms with van der Waals surface area (Å²) >= 11 is 0. The number of benzene rings is 1. The van der Waals surface area contributed by atoms with Gasteiger partial charge in [0.15, 0.2) is 0 Å². The molecule has 1 atom stereocenters. The molecule has 2 heterocycles. The molecule has 2 aliphatic rings. The Labute approximate surface area is 138 Å². The highest BCUT2D eigenvalue weighted by Crippen LogP contribution is 2.22. The topological polar surface area (TPSA) is 53.6 Å². The number of nitrogens with zero attached hydrogens (tertiary/aromatic N) is 1. The summed E-state index contributed by atoms with van der Waals surface area (Å²) in [6, 6.07) is 8.17. The van der Waals surface area contributed by atoms with E-state index in [1.807, 2.05) is 12.1 Å². The number of ether oxygens (including phenoxy) is 1. The van der Waals surface area contributed by atoms with Crippen LogP contribution in [-0.4, -0.2) is 44.8 Å². The molecule has 1 amide bonds. The van der Waals surface area contributed by atoms with E-state index >= 15 is 0 Å². The van der Waals surface area contributed by atoms with Gasteiger partial charge in [0.1, 0.15) is 0 Å². The molecule has 126 valence electrons. The molecule has 3 rings (SSSR count). The van der Waals surface area contributed by atoms with Gasteiger partial charge < -0.3 is 20.3 Å². The van der Waals surface area contributed by atoms with E-state index < -0.39 is 0 Å². The second-order valence-corrected chi connectivity index (χ2v) is 6.38. The van der Waals surface area contributed by atoms with E-state index in [0.29, 0.717) is 19.1 Å². The number of carbonyl (C=O) groups is 1. The third kappa shape index (κ3) is 4.94. The second-order valence-electron chi connectivity index (χ2n) is 6.38. The van der Waals surface area contributed by atoms with Crippen molar-refractivity contribution in [1.82, 2.24) is 5.32 Å². The van der Waals surface area contributed by atoms with E-state index in [1.165, 1.54) is 18.5 Å². The Morgan fingerprint density at radius 1 is 1.17 bits per heavy atom. The monoisotopic (exact) mass is 317 g/mol. The first-order valence-corrected chi connectivity index (χ1v) is 8.78. The van der Waals surface area contributed by atoms with E-state index in [2.05, 4.69) is 27.7 Å². The highest BCUT2D eigenvalue weighted by atomic mass is 16.5.